The molecule has 2 rings (SSSR count). The minimum Gasteiger partial charge on any atom is -0.352 e. The lowest BCUT2D eigenvalue weighted by Crippen LogP contribution is -2.26. The zero-order chi connectivity index (χ0) is 13.8. The zero-order valence-corrected chi connectivity index (χ0v) is 14.1. The van der Waals surface area contributed by atoms with Gasteiger partial charge in [0.15, 0.2) is 0 Å². The molecular weight excluding hydrogens is 421 g/mol. The molecule has 0 radical (unpaired) electrons. The second-order valence-corrected chi connectivity index (χ2v) is 6.18. The molecule has 0 bridgehead atoms. The van der Waals surface area contributed by atoms with Crippen LogP contribution in [0.3, 0.4) is 0 Å². The fourth-order valence-electron chi connectivity index (χ4n) is 1.72. The maximum absolute atomic E-state index is 12.1. The summed E-state index contributed by atoms with van der Waals surface area (Å²) in [5, 5.41) is 7.01. The van der Waals surface area contributed by atoms with Gasteiger partial charge in [-0.15, -0.1) is 0 Å². The largest absolute Gasteiger partial charge is 0.352 e. The summed E-state index contributed by atoms with van der Waals surface area (Å²) in [7, 11) is 1.90. The summed E-state index contributed by atoms with van der Waals surface area (Å²) < 4.78 is 3.66. The van der Waals surface area contributed by atoms with Crippen LogP contribution in [0.15, 0.2) is 34.9 Å². The zero-order valence-electron chi connectivity index (χ0n) is 10.4. The highest BCUT2D eigenvalue weighted by Gasteiger charge is 2.10. The number of aromatic nitrogens is 2. The third-order valence-corrected chi connectivity index (χ3v) is 4.12. The van der Waals surface area contributed by atoms with Crippen LogP contribution in [0.1, 0.15) is 16.1 Å². The molecule has 0 aliphatic rings. The van der Waals surface area contributed by atoms with Gasteiger partial charge in [-0.1, -0.05) is 0 Å². The molecule has 1 heterocycles. The highest BCUT2D eigenvalue weighted by Crippen LogP contribution is 2.19. The molecule has 0 saturated carbocycles. The second kappa shape index (κ2) is 6.51. The molecule has 100 valence electrons. The van der Waals surface area contributed by atoms with Crippen LogP contribution in [0.4, 0.5) is 0 Å². The Kier molecular flexibility index (Phi) is 4.98. The average Bonchev–Trinajstić information content (AvgIpc) is 2.78. The first kappa shape index (κ1) is 14.5. The van der Waals surface area contributed by atoms with Crippen molar-refractivity contribution in [1.29, 1.82) is 0 Å². The highest BCUT2D eigenvalue weighted by atomic mass is 127. The second-order valence-electron chi connectivity index (χ2n) is 4.08. The van der Waals surface area contributed by atoms with E-state index in [0.29, 0.717) is 12.1 Å². The summed E-state index contributed by atoms with van der Waals surface area (Å²) in [6.07, 6.45) is 2.52. The first-order chi connectivity index (χ1) is 9.08. The molecule has 0 spiro atoms. The van der Waals surface area contributed by atoms with Gasteiger partial charge in [-0.25, -0.2) is 0 Å². The van der Waals surface area contributed by atoms with Gasteiger partial charge in [-0.05, 0) is 62.8 Å². The van der Waals surface area contributed by atoms with Gasteiger partial charge >= 0.3 is 0 Å². The summed E-state index contributed by atoms with van der Waals surface area (Å²) in [6.45, 7) is 0.594. The topological polar surface area (TPSA) is 46.9 Å². The molecule has 2 aromatic rings. The average molecular weight is 434 g/mol. The van der Waals surface area contributed by atoms with Crippen molar-refractivity contribution in [2.45, 2.75) is 6.42 Å². The van der Waals surface area contributed by atoms with E-state index in [1.54, 1.807) is 6.20 Å². The van der Waals surface area contributed by atoms with Gasteiger partial charge in [0, 0.05) is 39.9 Å². The van der Waals surface area contributed by atoms with Crippen LogP contribution in [0, 0.1) is 3.57 Å². The van der Waals surface area contributed by atoms with Crippen molar-refractivity contribution in [3.05, 3.63) is 49.8 Å². The summed E-state index contributed by atoms with van der Waals surface area (Å²) >= 11 is 5.59. The van der Waals surface area contributed by atoms with Crippen LogP contribution in [0.2, 0.25) is 0 Å². The molecule has 4 nitrogen and oxygen atoms in total. The maximum atomic E-state index is 12.1. The van der Waals surface area contributed by atoms with E-state index in [2.05, 4.69) is 48.9 Å². The van der Waals surface area contributed by atoms with Crippen LogP contribution < -0.4 is 5.32 Å². The lowest BCUT2D eigenvalue weighted by atomic mass is 10.2. The molecule has 1 aromatic carbocycles. The van der Waals surface area contributed by atoms with Crippen molar-refractivity contribution < 1.29 is 4.79 Å². The minimum absolute atomic E-state index is 0.0624. The molecule has 1 amide bonds. The molecule has 0 unspecified atom stereocenters. The fourth-order valence-corrected chi connectivity index (χ4v) is 2.64. The fraction of sp³-hybridized carbons (Fsp3) is 0.231. The number of hydrogen-bond donors (Lipinski definition) is 1. The van der Waals surface area contributed by atoms with E-state index in [4.69, 9.17) is 0 Å². The van der Waals surface area contributed by atoms with Crippen molar-refractivity contribution in [1.82, 2.24) is 15.1 Å². The number of halogens is 2. The van der Waals surface area contributed by atoms with Gasteiger partial charge in [-0.3, -0.25) is 9.48 Å². The first-order valence-electron chi connectivity index (χ1n) is 5.78. The van der Waals surface area contributed by atoms with Gasteiger partial charge < -0.3 is 5.32 Å². The van der Waals surface area contributed by atoms with E-state index in [1.807, 2.05) is 36.0 Å². The van der Waals surface area contributed by atoms with Gasteiger partial charge in [0.25, 0.3) is 5.91 Å². The normalized spacial score (nSPS) is 10.5. The predicted molar refractivity (Wildman–Crippen MR) is 86.1 cm³/mol. The quantitative estimate of drug-likeness (QED) is 0.753. The number of amides is 1. The molecule has 0 aliphatic heterocycles. The van der Waals surface area contributed by atoms with Crippen LogP contribution >= 0.6 is 38.5 Å². The number of hydrogen-bond acceptors (Lipinski definition) is 2. The van der Waals surface area contributed by atoms with Crippen LogP contribution in [-0.2, 0) is 13.5 Å². The maximum Gasteiger partial charge on any atom is 0.252 e. The van der Waals surface area contributed by atoms with Gasteiger partial charge in [-0.2, -0.15) is 5.10 Å². The highest BCUT2D eigenvalue weighted by molar-refractivity contribution is 14.1. The van der Waals surface area contributed by atoms with Crippen LogP contribution in [0.25, 0.3) is 0 Å². The Hall–Kier alpha value is -0.890. The van der Waals surface area contributed by atoms with E-state index in [1.165, 1.54) is 0 Å². The minimum atomic E-state index is -0.0624. The third kappa shape index (κ3) is 3.79. The van der Waals surface area contributed by atoms with E-state index < -0.39 is 0 Å². The lowest BCUT2D eigenvalue weighted by molar-refractivity contribution is 0.0953. The van der Waals surface area contributed by atoms with Crippen molar-refractivity contribution in [3.63, 3.8) is 0 Å². The van der Waals surface area contributed by atoms with Crippen molar-refractivity contribution in [3.8, 4) is 0 Å². The van der Waals surface area contributed by atoms with Gasteiger partial charge in [0.05, 0.1) is 5.56 Å². The Bertz CT molecular complexity index is 597. The number of nitrogens with one attached hydrogen (secondary N) is 1. The summed E-state index contributed by atoms with van der Waals surface area (Å²) in [4.78, 5) is 12.1. The summed E-state index contributed by atoms with van der Waals surface area (Å²) in [5.74, 6) is -0.0624. The molecule has 19 heavy (non-hydrogen) atoms. The smallest absolute Gasteiger partial charge is 0.252 e. The standard InChI is InChI=1S/C13H13BrIN3O/c1-18-10(5-7-17-18)4-6-16-13(19)11-8-9(15)2-3-12(11)14/h2-3,5,7-8H,4,6H2,1H3,(H,16,19). The number of rotatable bonds is 4. The van der Waals surface area contributed by atoms with Gasteiger partial charge in [0.2, 0.25) is 0 Å². The molecule has 6 heteroatoms. The molecule has 0 saturated heterocycles. The third-order valence-electron chi connectivity index (χ3n) is 2.76. The van der Waals surface area contributed by atoms with E-state index in [0.717, 1.165) is 20.2 Å². The Morgan fingerprint density at radius 3 is 2.95 bits per heavy atom. The Morgan fingerprint density at radius 1 is 1.47 bits per heavy atom. The Balaban J connectivity index is 1.94. The van der Waals surface area contributed by atoms with E-state index in [-0.39, 0.29) is 5.91 Å². The summed E-state index contributed by atoms with van der Waals surface area (Å²) in [5.41, 5.74) is 1.76. The summed E-state index contributed by atoms with van der Waals surface area (Å²) in [6, 6.07) is 7.66. The molecule has 0 atom stereocenters. The molecule has 1 aromatic heterocycles. The Labute approximate surface area is 133 Å². The number of carbonyl (C=O) groups excluding carboxylic acids is 1. The molecule has 0 aliphatic carbocycles. The monoisotopic (exact) mass is 433 g/mol. The first-order valence-corrected chi connectivity index (χ1v) is 7.65. The van der Waals surface area contributed by atoms with E-state index in [9.17, 15) is 4.79 Å². The molecule has 0 fully saturated rings. The van der Waals surface area contributed by atoms with Crippen LogP contribution in [-0.4, -0.2) is 22.2 Å². The van der Waals surface area contributed by atoms with Crippen molar-refractivity contribution >= 4 is 44.4 Å². The predicted octanol–water partition coefficient (Wildman–Crippen LogP) is 2.76. The number of carbonyl (C=O) groups is 1. The Morgan fingerprint density at radius 2 is 2.26 bits per heavy atom. The molecular formula is C13H13BrIN3O. The number of aryl methyl sites for hydroxylation is 1. The van der Waals surface area contributed by atoms with Crippen molar-refractivity contribution in [2.75, 3.05) is 6.54 Å². The van der Waals surface area contributed by atoms with Crippen molar-refractivity contribution in [2.24, 2.45) is 7.05 Å². The van der Waals surface area contributed by atoms with Crippen LogP contribution in [0.5, 0.6) is 0 Å². The molecule has 1 N–H and O–H groups in total. The number of nitrogens with zero attached hydrogens (tertiary/aromatic N) is 2. The van der Waals surface area contributed by atoms with E-state index >= 15 is 0 Å². The SMILES string of the molecule is Cn1nccc1CCNC(=O)c1cc(I)ccc1Br. The van der Waals surface area contributed by atoms with Gasteiger partial charge in [0.1, 0.15) is 0 Å². The lowest BCUT2D eigenvalue weighted by Gasteiger charge is -2.07. The number of benzene rings is 1.